The molecular formula is C5H12N2O. The van der Waals surface area contributed by atoms with Crippen molar-refractivity contribution in [1.29, 1.82) is 0 Å². The molecule has 0 amide bonds. The van der Waals surface area contributed by atoms with Crippen LogP contribution < -0.4 is 5.73 Å². The van der Waals surface area contributed by atoms with Gasteiger partial charge in [-0.15, -0.1) is 0 Å². The number of hydrogen-bond donors (Lipinski definition) is 1. The molecule has 0 rings (SSSR count). The van der Waals surface area contributed by atoms with Crippen molar-refractivity contribution in [2.75, 3.05) is 6.54 Å². The van der Waals surface area contributed by atoms with E-state index in [0.717, 1.165) is 4.74 Å². The van der Waals surface area contributed by atoms with E-state index in [1.807, 2.05) is 6.92 Å². The molecular weight excluding hydrogens is 104 g/mol. The second kappa shape index (κ2) is 3.29. The first-order chi connectivity index (χ1) is 3.72. The molecule has 0 aliphatic rings. The predicted molar refractivity (Wildman–Crippen MR) is 33.7 cm³/mol. The molecule has 3 nitrogen and oxygen atoms in total. The molecule has 0 aromatic rings. The van der Waals surface area contributed by atoms with Gasteiger partial charge in [0.1, 0.15) is 0 Å². The van der Waals surface area contributed by atoms with E-state index in [-0.39, 0.29) is 0 Å². The van der Waals surface area contributed by atoms with Crippen LogP contribution in [-0.2, 0) is 0 Å². The highest BCUT2D eigenvalue weighted by Crippen LogP contribution is 1.76. The third-order valence-corrected chi connectivity index (χ3v) is 0.970. The summed E-state index contributed by atoms with van der Waals surface area (Å²) in [4.78, 5) is 0. The van der Waals surface area contributed by atoms with Gasteiger partial charge in [0.05, 0.1) is 6.54 Å². The van der Waals surface area contributed by atoms with Gasteiger partial charge in [-0.1, -0.05) is 6.92 Å². The largest absolute Gasteiger partial charge is 0.715 e. The van der Waals surface area contributed by atoms with Gasteiger partial charge in [0.25, 0.3) is 0 Å². The molecule has 0 aliphatic carbocycles. The van der Waals surface area contributed by atoms with Crippen LogP contribution in [0.5, 0.6) is 0 Å². The minimum absolute atomic E-state index is 0.410. The number of nitrogens with two attached hydrogens (primary N) is 1. The van der Waals surface area contributed by atoms with Gasteiger partial charge in [-0.05, 0) is 6.92 Å². The number of nitrogens with zero attached hydrogens (tertiary/aromatic N) is 1. The summed E-state index contributed by atoms with van der Waals surface area (Å²) in [6.07, 6.45) is 0.636. The Morgan fingerprint density at radius 1 is 1.62 bits per heavy atom. The van der Waals surface area contributed by atoms with Crippen LogP contribution in [0.4, 0.5) is 0 Å². The van der Waals surface area contributed by atoms with Crippen molar-refractivity contribution < 1.29 is 4.74 Å². The van der Waals surface area contributed by atoms with Gasteiger partial charge in [0.15, 0.2) is 0 Å². The topological polar surface area (TPSA) is 52.1 Å². The van der Waals surface area contributed by atoms with E-state index in [1.165, 1.54) is 0 Å². The van der Waals surface area contributed by atoms with Gasteiger partial charge in [-0.25, -0.2) is 0 Å². The molecule has 3 heteroatoms. The lowest BCUT2D eigenvalue weighted by molar-refractivity contribution is -0.455. The Labute approximate surface area is 49.4 Å². The van der Waals surface area contributed by atoms with E-state index in [9.17, 15) is 5.21 Å². The van der Waals surface area contributed by atoms with E-state index in [1.54, 1.807) is 6.92 Å². The zero-order valence-corrected chi connectivity index (χ0v) is 5.35. The zero-order chi connectivity index (χ0) is 6.57. The van der Waals surface area contributed by atoms with Crippen molar-refractivity contribution in [3.63, 3.8) is 0 Å². The van der Waals surface area contributed by atoms with Crippen LogP contribution in [0.3, 0.4) is 0 Å². The molecule has 0 heterocycles. The molecule has 0 spiro atoms. The van der Waals surface area contributed by atoms with Crippen LogP contribution in [0.25, 0.3) is 0 Å². The molecule has 0 saturated heterocycles. The molecule has 0 radical (unpaired) electrons. The summed E-state index contributed by atoms with van der Waals surface area (Å²) in [5, 5.41) is 10.5. The highest BCUT2D eigenvalue weighted by Gasteiger charge is 1.92. The van der Waals surface area contributed by atoms with E-state index in [0.29, 0.717) is 18.8 Å². The van der Waals surface area contributed by atoms with Crippen molar-refractivity contribution >= 4 is 5.84 Å². The third-order valence-electron chi connectivity index (χ3n) is 0.970. The van der Waals surface area contributed by atoms with E-state index in [4.69, 9.17) is 5.73 Å². The lowest BCUT2D eigenvalue weighted by Gasteiger charge is -2.06. The third kappa shape index (κ3) is 1.82. The van der Waals surface area contributed by atoms with Crippen LogP contribution in [0.15, 0.2) is 0 Å². The first-order valence-corrected chi connectivity index (χ1v) is 2.78. The molecule has 0 bridgehead atoms. The smallest absolute Gasteiger partial charge is 0.245 e. The summed E-state index contributed by atoms with van der Waals surface area (Å²) in [6.45, 7) is 4.07. The first-order valence-electron chi connectivity index (χ1n) is 2.78. The molecule has 0 aromatic heterocycles. The van der Waals surface area contributed by atoms with Gasteiger partial charge in [0.2, 0.25) is 5.84 Å². The van der Waals surface area contributed by atoms with Gasteiger partial charge in [0, 0.05) is 6.42 Å². The number of hydrogen-bond acceptors (Lipinski definition) is 1. The molecule has 48 valence electrons. The SMILES string of the molecule is CC/C(N)=[N+](/[O-])CC. The minimum atomic E-state index is 0.410. The minimum Gasteiger partial charge on any atom is -0.715 e. The van der Waals surface area contributed by atoms with Crippen LogP contribution in [0.2, 0.25) is 0 Å². The summed E-state index contributed by atoms with van der Waals surface area (Å²) >= 11 is 0. The van der Waals surface area contributed by atoms with Crippen molar-refractivity contribution in [2.24, 2.45) is 5.73 Å². The average molecular weight is 116 g/mol. The quantitative estimate of drug-likeness (QED) is 0.185. The Morgan fingerprint density at radius 2 is 2.12 bits per heavy atom. The maximum Gasteiger partial charge on any atom is 0.245 e. The summed E-state index contributed by atoms with van der Waals surface area (Å²) in [5.41, 5.74) is 5.26. The van der Waals surface area contributed by atoms with Crippen molar-refractivity contribution in [3.8, 4) is 0 Å². The molecule has 8 heavy (non-hydrogen) atoms. The monoisotopic (exact) mass is 116 g/mol. The maximum absolute atomic E-state index is 10.5. The second-order valence-electron chi connectivity index (χ2n) is 1.54. The van der Waals surface area contributed by atoms with E-state index < -0.39 is 0 Å². The predicted octanol–water partition coefficient (Wildman–Crippen LogP) is 0.284. The van der Waals surface area contributed by atoms with Crippen molar-refractivity contribution in [2.45, 2.75) is 20.3 Å². The maximum atomic E-state index is 10.5. The second-order valence-corrected chi connectivity index (χ2v) is 1.54. The molecule has 0 aromatic carbocycles. The normalized spacial score (nSPS) is 13.2. The lowest BCUT2D eigenvalue weighted by Crippen LogP contribution is -2.23. The molecule has 2 N–H and O–H groups in total. The number of amidine groups is 1. The molecule has 0 saturated carbocycles. The highest BCUT2D eigenvalue weighted by molar-refractivity contribution is 5.74. The van der Waals surface area contributed by atoms with Crippen LogP contribution in [0.1, 0.15) is 20.3 Å². The first kappa shape index (κ1) is 7.27. The number of rotatable bonds is 2. The Kier molecular flexibility index (Phi) is 2.99. The fourth-order valence-electron chi connectivity index (χ4n) is 0.379. The zero-order valence-electron chi connectivity index (χ0n) is 5.35. The Balaban J connectivity index is 3.83. The average Bonchev–Trinajstić information content (AvgIpc) is 1.84. The molecule has 0 atom stereocenters. The molecule has 0 aliphatic heterocycles. The fraction of sp³-hybridized carbons (Fsp3) is 0.800. The van der Waals surface area contributed by atoms with Gasteiger partial charge in [-0.3, -0.25) is 10.5 Å². The van der Waals surface area contributed by atoms with Crippen LogP contribution >= 0.6 is 0 Å². The molecule has 0 fully saturated rings. The van der Waals surface area contributed by atoms with Crippen LogP contribution in [0, 0.1) is 5.21 Å². The van der Waals surface area contributed by atoms with E-state index in [2.05, 4.69) is 0 Å². The van der Waals surface area contributed by atoms with Crippen LogP contribution in [-0.4, -0.2) is 17.1 Å². The molecule has 0 unspecified atom stereocenters. The Bertz CT molecular complexity index is 86.6. The van der Waals surface area contributed by atoms with Crippen molar-refractivity contribution in [1.82, 2.24) is 0 Å². The van der Waals surface area contributed by atoms with Gasteiger partial charge >= 0.3 is 0 Å². The summed E-state index contributed by atoms with van der Waals surface area (Å²) in [6, 6.07) is 0. The fourth-order valence-corrected chi connectivity index (χ4v) is 0.379. The lowest BCUT2D eigenvalue weighted by atomic mass is 10.4. The van der Waals surface area contributed by atoms with Crippen molar-refractivity contribution in [3.05, 3.63) is 5.21 Å². The highest BCUT2D eigenvalue weighted by atomic mass is 16.5. The summed E-state index contributed by atoms with van der Waals surface area (Å²) < 4.78 is 0.792. The number of hydroxylamine groups is 1. The van der Waals surface area contributed by atoms with E-state index >= 15 is 0 Å². The summed E-state index contributed by atoms with van der Waals surface area (Å²) in [5.74, 6) is 0.410. The summed E-state index contributed by atoms with van der Waals surface area (Å²) in [7, 11) is 0. The Hall–Kier alpha value is -0.730. The standard InChI is InChI=1S/C5H12N2O/c1-3-5(6)7(8)4-2/h3-4,6H2,1-2H3/b7-5-. The van der Waals surface area contributed by atoms with Gasteiger partial charge < -0.3 is 5.21 Å². The Morgan fingerprint density at radius 3 is 2.25 bits per heavy atom. The van der Waals surface area contributed by atoms with Gasteiger partial charge in [-0.2, -0.15) is 0 Å².